The fraction of sp³-hybridized carbons (Fsp3) is 0.308. The fourth-order valence-electron chi connectivity index (χ4n) is 1.83. The molecule has 1 aromatic carbocycles. The Bertz CT molecular complexity index is 498. The van der Waals surface area contributed by atoms with Crippen molar-refractivity contribution in [2.75, 3.05) is 18.2 Å². The first-order valence-corrected chi connectivity index (χ1v) is 6.57. The zero-order chi connectivity index (χ0) is 13.0. The van der Waals surface area contributed by atoms with Crippen molar-refractivity contribution in [3.63, 3.8) is 0 Å². The predicted octanol–water partition coefficient (Wildman–Crippen LogP) is 2.78. The molecule has 5 heteroatoms. The van der Waals surface area contributed by atoms with Crippen LogP contribution in [-0.4, -0.2) is 17.5 Å². The first kappa shape index (κ1) is 12.7. The number of nitrogen functional groups attached to an aromatic ring is 1. The average Bonchev–Trinajstić information content (AvgIpc) is 2.71. The van der Waals surface area contributed by atoms with E-state index in [-0.39, 0.29) is 0 Å². The van der Waals surface area contributed by atoms with Crippen molar-refractivity contribution in [3.8, 4) is 5.75 Å². The van der Waals surface area contributed by atoms with Gasteiger partial charge in [-0.05, 0) is 30.4 Å². The van der Waals surface area contributed by atoms with E-state index in [2.05, 4.69) is 28.7 Å². The lowest BCUT2D eigenvalue weighted by Gasteiger charge is -2.14. The van der Waals surface area contributed by atoms with Crippen LogP contribution in [0.25, 0.3) is 0 Å². The van der Waals surface area contributed by atoms with E-state index in [0.29, 0.717) is 17.6 Å². The molecule has 18 heavy (non-hydrogen) atoms. The number of ether oxygens (including phenoxy) is 1. The van der Waals surface area contributed by atoms with Crippen LogP contribution in [0.2, 0.25) is 0 Å². The lowest BCUT2D eigenvalue weighted by Crippen LogP contribution is -2.17. The van der Waals surface area contributed by atoms with E-state index in [9.17, 15) is 0 Å². The van der Waals surface area contributed by atoms with Gasteiger partial charge in [0.1, 0.15) is 0 Å². The van der Waals surface area contributed by atoms with Crippen molar-refractivity contribution in [1.82, 2.24) is 4.37 Å². The number of hydrogen-bond donors (Lipinski definition) is 2. The predicted molar refractivity (Wildman–Crippen MR) is 76.3 cm³/mol. The van der Waals surface area contributed by atoms with Crippen molar-refractivity contribution in [2.45, 2.75) is 19.4 Å². The highest BCUT2D eigenvalue weighted by Gasteiger charge is 2.14. The van der Waals surface area contributed by atoms with Crippen molar-refractivity contribution >= 4 is 22.4 Å². The van der Waals surface area contributed by atoms with Gasteiger partial charge in [0.05, 0.1) is 7.11 Å². The van der Waals surface area contributed by atoms with Crippen molar-refractivity contribution in [3.05, 3.63) is 35.9 Å². The summed E-state index contributed by atoms with van der Waals surface area (Å²) in [6.45, 7) is 2.13. The first-order valence-electron chi connectivity index (χ1n) is 5.80. The van der Waals surface area contributed by atoms with E-state index < -0.39 is 0 Å². The summed E-state index contributed by atoms with van der Waals surface area (Å²) in [6, 6.07) is 10.7. The molecular formula is C13H17N3OS. The van der Waals surface area contributed by atoms with Gasteiger partial charge in [0.15, 0.2) is 16.6 Å². The van der Waals surface area contributed by atoms with Gasteiger partial charge in [-0.25, -0.2) is 0 Å². The number of nitrogens with two attached hydrogens (primary N) is 1. The summed E-state index contributed by atoms with van der Waals surface area (Å²) in [5.41, 5.74) is 7.01. The third-order valence-electron chi connectivity index (χ3n) is 2.64. The van der Waals surface area contributed by atoms with Crippen molar-refractivity contribution in [1.29, 1.82) is 0 Å². The second kappa shape index (κ2) is 5.73. The summed E-state index contributed by atoms with van der Waals surface area (Å²) in [5, 5.41) is 4.27. The minimum Gasteiger partial charge on any atom is -0.490 e. The lowest BCUT2D eigenvalue weighted by molar-refractivity contribution is 0.419. The average molecular weight is 263 g/mol. The normalized spacial score (nSPS) is 12.1. The minimum absolute atomic E-state index is 0.293. The molecule has 1 atom stereocenters. The number of nitrogens with one attached hydrogen (secondary N) is 1. The van der Waals surface area contributed by atoms with Crippen LogP contribution in [-0.2, 0) is 6.42 Å². The molecule has 3 N–H and O–H groups in total. The van der Waals surface area contributed by atoms with Crippen LogP contribution in [0.5, 0.6) is 5.75 Å². The Morgan fingerprint density at radius 3 is 2.78 bits per heavy atom. The second-order valence-corrected chi connectivity index (χ2v) is 4.94. The van der Waals surface area contributed by atoms with Crippen molar-refractivity contribution < 1.29 is 4.74 Å². The van der Waals surface area contributed by atoms with E-state index >= 15 is 0 Å². The lowest BCUT2D eigenvalue weighted by atomic mass is 10.1. The summed E-state index contributed by atoms with van der Waals surface area (Å²) in [5.74, 6) is 1.08. The third kappa shape index (κ3) is 2.92. The van der Waals surface area contributed by atoms with Crippen LogP contribution < -0.4 is 15.8 Å². The standard InChI is InChI=1S/C13H17N3OS/c1-9(8-10-6-4-3-5-7-10)15-13-11(17-2)12(14)16-18-13/h3-7,9,15H,8H2,1-2H3,(H2,14,16). The van der Waals surface area contributed by atoms with Gasteiger partial charge in [-0.15, -0.1) is 0 Å². The van der Waals surface area contributed by atoms with E-state index in [0.717, 1.165) is 11.4 Å². The summed E-state index contributed by atoms with van der Waals surface area (Å²) in [6.07, 6.45) is 0.946. The minimum atomic E-state index is 0.293. The summed E-state index contributed by atoms with van der Waals surface area (Å²) >= 11 is 1.33. The maximum Gasteiger partial charge on any atom is 0.197 e. The van der Waals surface area contributed by atoms with Gasteiger partial charge in [0.2, 0.25) is 0 Å². The van der Waals surface area contributed by atoms with E-state index in [1.54, 1.807) is 7.11 Å². The van der Waals surface area contributed by atoms with Gasteiger partial charge in [-0.1, -0.05) is 30.3 Å². The molecule has 2 rings (SSSR count). The fourth-order valence-corrected chi connectivity index (χ4v) is 2.62. The number of methoxy groups -OCH3 is 1. The zero-order valence-electron chi connectivity index (χ0n) is 10.5. The molecule has 0 spiro atoms. The van der Waals surface area contributed by atoms with E-state index in [1.165, 1.54) is 17.1 Å². The summed E-state index contributed by atoms with van der Waals surface area (Å²) in [7, 11) is 1.60. The van der Waals surface area contributed by atoms with Gasteiger partial charge in [-0.2, -0.15) is 4.37 Å². The molecule has 96 valence electrons. The Morgan fingerprint density at radius 2 is 2.11 bits per heavy atom. The van der Waals surface area contributed by atoms with Crippen LogP contribution in [0.1, 0.15) is 12.5 Å². The highest BCUT2D eigenvalue weighted by molar-refractivity contribution is 7.11. The van der Waals surface area contributed by atoms with Gasteiger partial charge in [0, 0.05) is 6.04 Å². The highest BCUT2D eigenvalue weighted by atomic mass is 32.1. The Morgan fingerprint density at radius 1 is 1.39 bits per heavy atom. The Balaban J connectivity index is 2.01. The van der Waals surface area contributed by atoms with Gasteiger partial charge in [-0.3, -0.25) is 0 Å². The molecule has 0 radical (unpaired) electrons. The molecule has 0 amide bonds. The molecule has 0 aliphatic rings. The first-order chi connectivity index (χ1) is 8.70. The molecule has 1 unspecified atom stereocenters. The molecule has 1 heterocycles. The molecule has 0 aliphatic carbocycles. The molecular weight excluding hydrogens is 246 g/mol. The largest absolute Gasteiger partial charge is 0.490 e. The topological polar surface area (TPSA) is 60.2 Å². The SMILES string of the molecule is COc1c(N)nsc1NC(C)Cc1ccccc1. The molecule has 0 aliphatic heterocycles. The Kier molecular flexibility index (Phi) is 4.04. The molecule has 2 aromatic rings. The van der Waals surface area contributed by atoms with Crippen molar-refractivity contribution in [2.24, 2.45) is 0 Å². The molecule has 0 saturated carbocycles. The molecule has 4 nitrogen and oxygen atoms in total. The quantitative estimate of drug-likeness (QED) is 0.871. The van der Waals surface area contributed by atoms with Crippen LogP contribution in [0.3, 0.4) is 0 Å². The number of aromatic nitrogens is 1. The summed E-state index contributed by atoms with van der Waals surface area (Å²) < 4.78 is 9.31. The number of benzene rings is 1. The monoisotopic (exact) mass is 263 g/mol. The number of anilines is 2. The maximum absolute atomic E-state index is 5.71. The van der Waals surface area contributed by atoms with Crippen LogP contribution in [0, 0.1) is 0 Å². The van der Waals surface area contributed by atoms with Crippen LogP contribution in [0.15, 0.2) is 30.3 Å². The van der Waals surface area contributed by atoms with E-state index in [1.807, 2.05) is 18.2 Å². The maximum atomic E-state index is 5.71. The van der Waals surface area contributed by atoms with E-state index in [4.69, 9.17) is 10.5 Å². The van der Waals surface area contributed by atoms with Gasteiger partial charge < -0.3 is 15.8 Å². The third-order valence-corrected chi connectivity index (χ3v) is 3.41. The second-order valence-electron chi connectivity index (χ2n) is 4.17. The Labute approximate surface area is 111 Å². The smallest absolute Gasteiger partial charge is 0.197 e. The Hall–Kier alpha value is -1.75. The molecule has 0 fully saturated rings. The zero-order valence-corrected chi connectivity index (χ0v) is 11.3. The van der Waals surface area contributed by atoms with Gasteiger partial charge >= 0.3 is 0 Å². The molecule has 0 bridgehead atoms. The number of nitrogens with zero attached hydrogens (tertiary/aromatic N) is 1. The molecule has 0 saturated heterocycles. The summed E-state index contributed by atoms with van der Waals surface area (Å²) in [4.78, 5) is 0. The number of hydrogen-bond acceptors (Lipinski definition) is 5. The van der Waals surface area contributed by atoms with Gasteiger partial charge in [0.25, 0.3) is 0 Å². The highest BCUT2D eigenvalue weighted by Crippen LogP contribution is 2.35. The number of rotatable bonds is 5. The molecule has 1 aromatic heterocycles. The van der Waals surface area contributed by atoms with Crippen LogP contribution in [0.4, 0.5) is 10.8 Å². The van der Waals surface area contributed by atoms with Crippen LogP contribution >= 0.6 is 11.5 Å².